The fourth-order valence-electron chi connectivity index (χ4n) is 2.33. The normalized spacial score (nSPS) is 17.1. The lowest BCUT2D eigenvalue weighted by molar-refractivity contribution is -0.139. The minimum absolute atomic E-state index is 0.128. The number of fused-ring (bicyclic) bond motifs is 1. The van der Waals surface area contributed by atoms with Gasteiger partial charge in [0.15, 0.2) is 0 Å². The molecule has 4 nitrogen and oxygen atoms in total. The average Bonchev–Trinajstić information content (AvgIpc) is 2.82. The SMILES string of the molecule is FC(F)(F)c1[nH]nc2ccc(N3CCNCC3)cc12. The first-order valence-electron chi connectivity index (χ1n) is 6.07. The van der Waals surface area contributed by atoms with Gasteiger partial charge in [0.05, 0.1) is 5.52 Å². The number of aromatic amines is 1. The van der Waals surface area contributed by atoms with E-state index in [4.69, 9.17) is 0 Å². The zero-order chi connectivity index (χ0) is 13.5. The molecule has 0 unspecified atom stereocenters. The summed E-state index contributed by atoms with van der Waals surface area (Å²) >= 11 is 0. The Morgan fingerprint density at radius 3 is 2.58 bits per heavy atom. The molecule has 3 rings (SSSR count). The first kappa shape index (κ1) is 12.3. The molecule has 0 radical (unpaired) electrons. The molecule has 0 bridgehead atoms. The van der Waals surface area contributed by atoms with Crippen LogP contribution in [0, 0.1) is 0 Å². The molecule has 7 heteroatoms. The Kier molecular flexibility index (Phi) is 2.85. The maximum atomic E-state index is 12.8. The van der Waals surface area contributed by atoms with Crippen LogP contribution in [0.15, 0.2) is 18.2 Å². The van der Waals surface area contributed by atoms with Crippen LogP contribution in [0.3, 0.4) is 0 Å². The van der Waals surface area contributed by atoms with Gasteiger partial charge in [-0.15, -0.1) is 0 Å². The van der Waals surface area contributed by atoms with Crippen molar-refractivity contribution in [3.63, 3.8) is 0 Å². The van der Waals surface area contributed by atoms with Crippen LogP contribution >= 0.6 is 0 Å². The first-order valence-corrected chi connectivity index (χ1v) is 6.07. The number of alkyl halides is 3. The van der Waals surface area contributed by atoms with Crippen molar-refractivity contribution in [2.45, 2.75) is 6.18 Å². The predicted octanol–water partition coefficient (Wildman–Crippen LogP) is 1.99. The number of rotatable bonds is 1. The monoisotopic (exact) mass is 270 g/mol. The zero-order valence-electron chi connectivity index (χ0n) is 10.1. The molecule has 19 heavy (non-hydrogen) atoms. The number of benzene rings is 1. The Hall–Kier alpha value is -1.76. The lowest BCUT2D eigenvalue weighted by Crippen LogP contribution is -2.43. The van der Waals surface area contributed by atoms with Crippen LogP contribution in [-0.2, 0) is 6.18 Å². The predicted molar refractivity (Wildman–Crippen MR) is 66.2 cm³/mol. The summed E-state index contributed by atoms with van der Waals surface area (Å²) in [7, 11) is 0. The van der Waals surface area contributed by atoms with Gasteiger partial charge in [0.25, 0.3) is 0 Å². The van der Waals surface area contributed by atoms with E-state index >= 15 is 0 Å². The molecule has 1 aromatic carbocycles. The lowest BCUT2D eigenvalue weighted by atomic mass is 10.1. The molecular formula is C12H13F3N4. The van der Waals surface area contributed by atoms with Crippen molar-refractivity contribution >= 4 is 16.6 Å². The third kappa shape index (κ3) is 2.25. The molecule has 0 amide bonds. The van der Waals surface area contributed by atoms with E-state index in [0.717, 1.165) is 31.9 Å². The van der Waals surface area contributed by atoms with Crippen molar-refractivity contribution in [2.75, 3.05) is 31.1 Å². The molecule has 1 saturated heterocycles. The first-order chi connectivity index (χ1) is 9.05. The zero-order valence-corrected chi connectivity index (χ0v) is 10.1. The van der Waals surface area contributed by atoms with Crippen molar-refractivity contribution in [3.8, 4) is 0 Å². The van der Waals surface area contributed by atoms with E-state index in [0.29, 0.717) is 5.52 Å². The summed E-state index contributed by atoms with van der Waals surface area (Å²) in [6, 6.07) is 5.00. The quantitative estimate of drug-likeness (QED) is 0.833. The smallest absolute Gasteiger partial charge is 0.369 e. The number of piperazine rings is 1. The van der Waals surface area contributed by atoms with Crippen molar-refractivity contribution in [1.82, 2.24) is 15.5 Å². The van der Waals surface area contributed by atoms with E-state index in [1.165, 1.54) is 0 Å². The number of hydrogen-bond acceptors (Lipinski definition) is 3. The standard InChI is InChI=1S/C12H13F3N4/c13-12(14,15)11-9-7-8(1-2-10(9)17-18-11)19-5-3-16-4-6-19/h1-2,7,16H,3-6H2,(H,17,18). The van der Waals surface area contributed by atoms with E-state index in [2.05, 4.69) is 20.4 Å². The van der Waals surface area contributed by atoms with Gasteiger partial charge < -0.3 is 10.2 Å². The number of H-pyrrole nitrogens is 1. The summed E-state index contributed by atoms with van der Waals surface area (Å²) in [6.07, 6.45) is -4.41. The average molecular weight is 270 g/mol. The van der Waals surface area contributed by atoms with Crippen molar-refractivity contribution in [3.05, 3.63) is 23.9 Å². The van der Waals surface area contributed by atoms with Gasteiger partial charge in [-0.2, -0.15) is 18.3 Å². The van der Waals surface area contributed by atoms with Crippen LogP contribution in [0.1, 0.15) is 5.69 Å². The van der Waals surface area contributed by atoms with E-state index in [-0.39, 0.29) is 5.39 Å². The number of halogens is 3. The summed E-state index contributed by atoms with van der Waals surface area (Å²) in [5, 5.41) is 9.11. The summed E-state index contributed by atoms with van der Waals surface area (Å²) in [5.41, 5.74) is 0.367. The highest BCUT2D eigenvalue weighted by atomic mass is 19.4. The van der Waals surface area contributed by atoms with Crippen LogP contribution in [0.5, 0.6) is 0 Å². The minimum atomic E-state index is -4.41. The Morgan fingerprint density at radius 1 is 1.16 bits per heavy atom. The van der Waals surface area contributed by atoms with Crippen LogP contribution in [-0.4, -0.2) is 36.4 Å². The molecule has 0 saturated carbocycles. The largest absolute Gasteiger partial charge is 0.433 e. The molecule has 1 aliphatic heterocycles. The van der Waals surface area contributed by atoms with Crippen LogP contribution in [0.25, 0.3) is 10.9 Å². The number of anilines is 1. The fraction of sp³-hybridized carbons (Fsp3) is 0.417. The lowest BCUT2D eigenvalue weighted by Gasteiger charge is -2.29. The van der Waals surface area contributed by atoms with Crippen LogP contribution < -0.4 is 10.2 Å². The summed E-state index contributed by atoms with van der Waals surface area (Å²) in [4.78, 5) is 2.07. The molecule has 0 atom stereocenters. The number of nitrogens with one attached hydrogen (secondary N) is 2. The Morgan fingerprint density at radius 2 is 1.89 bits per heavy atom. The minimum Gasteiger partial charge on any atom is -0.369 e. The number of aromatic nitrogens is 2. The fourth-order valence-corrected chi connectivity index (χ4v) is 2.33. The molecule has 0 spiro atoms. The van der Waals surface area contributed by atoms with Gasteiger partial charge in [0, 0.05) is 37.3 Å². The maximum Gasteiger partial charge on any atom is 0.433 e. The highest BCUT2D eigenvalue weighted by molar-refractivity contribution is 5.85. The molecule has 1 aromatic heterocycles. The molecule has 2 N–H and O–H groups in total. The van der Waals surface area contributed by atoms with E-state index < -0.39 is 11.9 Å². The second-order valence-electron chi connectivity index (χ2n) is 4.53. The Labute approximate surface area is 107 Å². The molecular weight excluding hydrogens is 257 g/mol. The number of hydrogen-bond donors (Lipinski definition) is 2. The van der Waals surface area contributed by atoms with Gasteiger partial charge in [0.1, 0.15) is 5.69 Å². The topological polar surface area (TPSA) is 44.0 Å². The van der Waals surface area contributed by atoms with Crippen molar-refractivity contribution < 1.29 is 13.2 Å². The van der Waals surface area contributed by atoms with Gasteiger partial charge in [-0.1, -0.05) is 0 Å². The van der Waals surface area contributed by atoms with Gasteiger partial charge in [-0.25, -0.2) is 0 Å². The Balaban J connectivity index is 2.03. The second kappa shape index (κ2) is 4.41. The van der Waals surface area contributed by atoms with Crippen LogP contribution in [0.4, 0.5) is 18.9 Å². The van der Waals surface area contributed by atoms with Gasteiger partial charge in [-0.3, -0.25) is 5.10 Å². The van der Waals surface area contributed by atoms with Gasteiger partial charge >= 0.3 is 6.18 Å². The molecule has 1 fully saturated rings. The molecule has 2 aromatic rings. The second-order valence-corrected chi connectivity index (χ2v) is 4.53. The van der Waals surface area contributed by atoms with Crippen molar-refractivity contribution in [2.24, 2.45) is 0 Å². The third-order valence-electron chi connectivity index (χ3n) is 3.30. The van der Waals surface area contributed by atoms with Crippen molar-refractivity contribution in [1.29, 1.82) is 0 Å². The summed E-state index contributed by atoms with van der Waals surface area (Å²) in [6.45, 7) is 3.28. The number of nitrogens with zero attached hydrogens (tertiary/aromatic N) is 2. The molecule has 1 aliphatic rings. The maximum absolute atomic E-state index is 12.8. The molecule has 0 aliphatic carbocycles. The molecule has 2 heterocycles. The van der Waals surface area contributed by atoms with Gasteiger partial charge in [0.2, 0.25) is 0 Å². The molecule has 102 valence electrons. The highest BCUT2D eigenvalue weighted by Crippen LogP contribution is 2.34. The summed E-state index contributed by atoms with van der Waals surface area (Å²) in [5.74, 6) is 0. The van der Waals surface area contributed by atoms with E-state index in [9.17, 15) is 13.2 Å². The Bertz CT molecular complexity index is 584. The summed E-state index contributed by atoms with van der Waals surface area (Å²) < 4.78 is 38.5. The highest BCUT2D eigenvalue weighted by Gasteiger charge is 2.35. The third-order valence-corrected chi connectivity index (χ3v) is 3.30. The van der Waals surface area contributed by atoms with Crippen LogP contribution in [0.2, 0.25) is 0 Å². The van der Waals surface area contributed by atoms with E-state index in [1.807, 2.05) is 6.07 Å². The van der Waals surface area contributed by atoms with Gasteiger partial charge in [-0.05, 0) is 18.2 Å². The van der Waals surface area contributed by atoms with E-state index in [1.54, 1.807) is 12.1 Å².